The van der Waals surface area contributed by atoms with E-state index in [0.29, 0.717) is 11.0 Å². The first-order valence-corrected chi connectivity index (χ1v) is 10.1. The zero-order chi connectivity index (χ0) is 17.5. The van der Waals surface area contributed by atoms with Crippen molar-refractivity contribution in [1.82, 2.24) is 14.5 Å². The number of fused-ring (bicyclic) bond motifs is 1. The van der Waals surface area contributed by atoms with Gasteiger partial charge in [0, 0.05) is 18.3 Å². The predicted octanol–water partition coefficient (Wildman–Crippen LogP) is 2.23. The molecule has 1 aliphatic rings. The molecule has 0 aliphatic carbocycles. The highest BCUT2D eigenvalue weighted by molar-refractivity contribution is 7.90. The summed E-state index contributed by atoms with van der Waals surface area (Å²) in [6.07, 6.45) is 4.22. The van der Waals surface area contributed by atoms with Crippen molar-refractivity contribution in [2.45, 2.75) is 56.9 Å². The summed E-state index contributed by atoms with van der Waals surface area (Å²) in [6.45, 7) is 4.10. The third-order valence-corrected chi connectivity index (χ3v) is 5.70. The Bertz CT molecular complexity index is 862. The molecular weight excluding hydrogens is 326 g/mol. The van der Waals surface area contributed by atoms with Gasteiger partial charge in [0.2, 0.25) is 20.9 Å². The molecule has 0 saturated carbocycles. The number of likely N-dealkylation sites (tertiary alicyclic amines) is 1. The Morgan fingerprint density at radius 2 is 1.83 bits per heavy atom. The Balaban J connectivity index is 2.01. The fourth-order valence-corrected chi connectivity index (χ4v) is 4.45. The molecule has 1 aliphatic heterocycles. The average molecular weight is 349 g/mol. The quantitative estimate of drug-likeness (QED) is 0.852. The molecule has 6 nitrogen and oxygen atoms in total. The van der Waals surface area contributed by atoms with E-state index >= 15 is 0 Å². The number of piperidine rings is 1. The molecule has 130 valence electrons. The molecule has 1 amide bonds. The molecule has 0 unspecified atom stereocenters. The number of hydrogen-bond donors (Lipinski definition) is 0. The summed E-state index contributed by atoms with van der Waals surface area (Å²) in [5.74, 6) is -0.0530. The summed E-state index contributed by atoms with van der Waals surface area (Å²) < 4.78 is 25.7. The minimum Gasteiger partial charge on any atom is -0.336 e. The van der Waals surface area contributed by atoms with Crippen molar-refractivity contribution in [2.75, 3.05) is 6.26 Å². The van der Waals surface area contributed by atoms with Crippen LogP contribution in [0, 0.1) is 0 Å². The lowest BCUT2D eigenvalue weighted by molar-refractivity contribution is -0.138. The molecule has 2 aromatic rings. The molecule has 2 heterocycles. The van der Waals surface area contributed by atoms with Crippen molar-refractivity contribution in [2.24, 2.45) is 0 Å². The number of benzene rings is 1. The van der Waals surface area contributed by atoms with Gasteiger partial charge in [-0.15, -0.1) is 0 Å². The van der Waals surface area contributed by atoms with E-state index < -0.39 is 9.84 Å². The normalized spacial score (nSPS) is 22.0. The Hall–Kier alpha value is -1.89. The van der Waals surface area contributed by atoms with Crippen LogP contribution in [0.15, 0.2) is 29.4 Å². The number of sulfone groups is 1. The smallest absolute Gasteiger partial charge is 0.243 e. The van der Waals surface area contributed by atoms with Crippen LogP contribution in [-0.4, -0.2) is 47.1 Å². The number of hydrogen-bond acceptors (Lipinski definition) is 4. The van der Waals surface area contributed by atoms with Crippen LogP contribution in [0.1, 0.15) is 33.1 Å². The third kappa shape index (κ3) is 3.05. The van der Waals surface area contributed by atoms with Gasteiger partial charge in [-0.1, -0.05) is 12.1 Å². The second-order valence-electron chi connectivity index (χ2n) is 6.67. The minimum absolute atomic E-state index is 0.00238. The average Bonchev–Trinajstić information content (AvgIpc) is 2.86. The van der Waals surface area contributed by atoms with E-state index in [4.69, 9.17) is 0 Å². The lowest BCUT2D eigenvalue weighted by Crippen LogP contribution is -2.48. The summed E-state index contributed by atoms with van der Waals surface area (Å²) in [6, 6.07) is 7.55. The van der Waals surface area contributed by atoms with Crippen LogP contribution >= 0.6 is 0 Å². The maximum Gasteiger partial charge on any atom is 0.243 e. The van der Waals surface area contributed by atoms with Gasteiger partial charge in [-0.05, 0) is 45.2 Å². The number of aromatic nitrogens is 2. The van der Waals surface area contributed by atoms with Crippen molar-refractivity contribution in [3.05, 3.63) is 24.3 Å². The Morgan fingerprint density at radius 3 is 2.46 bits per heavy atom. The maximum absolute atomic E-state index is 12.9. The van der Waals surface area contributed by atoms with E-state index in [-0.39, 0.29) is 29.7 Å². The second-order valence-corrected chi connectivity index (χ2v) is 8.58. The van der Waals surface area contributed by atoms with Crippen molar-refractivity contribution in [1.29, 1.82) is 0 Å². The van der Waals surface area contributed by atoms with Crippen LogP contribution in [-0.2, 0) is 21.2 Å². The predicted molar refractivity (Wildman–Crippen MR) is 92.5 cm³/mol. The largest absolute Gasteiger partial charge is 0.336 e. The standard InChI is InChI=1S/C17H23N3O3S/c1-12-7-6-8-13(2)20(12)16(21)11-19-15-10-5-4-9-14(15)18-17(19)24(3,22)23/h4-5,9-10,12-13H,6-8,11H2,1-3H3/t12-,13+. The zero-order valence-corrected chi connectivity index (χ0v) is 15.1. The van der Waals surface area contributed by atoms with Crippen molar-refractivity contribution in [3.8, 4) is 0 Å². The Morgan fingerprint density at radius 1 is 1.21 bits per heavy atom. The summed E-state index contributed by atoms with van der Waals surface area (Å²) >= 11 is 0. The molecule has 0 N–H and O–H groups in total. The lowest BCUT2D eigenvalue weighted by atomic mass is 9.97. The van der Waals surface area contributed by atoms with E-state index in [1.165, 1.54) is 4.57 Å². The highest BCUT2D eigenvalue weighted by Crippen LogP contribution is 2.25. The lowest BCUT2D eigenvalue weighted by Gasteiger charge is -2.39. The molecule has 1 saturated heterocycles. The number of rotatable bonds is 3. The SMILES string of the molecule is C[C@@H]1CCC[C@H](C)N1C(=O)Cn1c(S(C)(=O)=O)nc2ccccc21. The topological polar surface area (TPSA) is 72.3 Å². The highest BCUT2D eigenvalue weighted by Gasteiger charge is 2.30. The molecule has 0 spiro atoms. The van der Waals surface area contributed by atoms with E-state index in [9.17, 15) is 13.2 Å². The van der Waals surface area contributed by atoms with Crippen LogP contribution in [0.5, 0.6) is 0 Å². The Labute approximate surface area is 142 Å². The molecule has 1 aromatic heterocycles. The third-order valence-electron chi connectivity index (χ3n) is 4.73. The summed E-state index contributed by atoms with van der Waals surface area (Å²) in [5.41, 5.74) is 1.26. The summed E-state index contributed by atoms with van der Waals surface area (Å²) in [5, 5.41) is -0.0469. The van der Waals surface area contributed by atoms with Gasteiger partial charge in [-0.25, -0.2) is 13.4 Å². The van der Waals surface area contributed by atoms with Crippen molar-refractivity contribution >= 4 is 26.8 Å². The van der Waals surface area contributed by atoms with Crippen molar-refractivity contribution in [3.63, 3.8) is 0 Å². The number of carbonyl (C=O) groups is 1. The van der Waals surface area contributed by atoms with E-state index in [1.807, 2.05) is 17.0 Å². The molecule has 24 heavy (non-hydrogen) atoms. The van der Waals surface area contributed by atoms with Crippen LogP contribution in [0.3, 0.4) is 0 Å². The van der Waals surface area contributed by atoms with Gasteiger partial charge in [-0.3, -0.25) is 4.79 Å². The van der Waals surface area contributed by atoms with E-state index in [0.717, 1.165) is 25.5 Å². The molecule has 2 atom stereocenters. The zero-order valence-electron chi connectivity index (χ0n) is 14.3. The van der Waals surface area contributed by atoms with Gasteiger partial charge in [0.25, 0.3) is 0 Å². The first kappa shape index (κ1) is 17.0. The number of carbonyl (C=O) groups excluding carboxylic acids is 1. The molecule has 7 heteroatoms. The van der Waals surface area contributed by atoms with Gasteiger partial charge in [0.05, 0.1) is 11.0 Å². The van der Waals surface area contributed by atoms with Gasteiger partial charge in [0.15, 0.2) is 0 Å². The van der Waals surface area contributed by atoms with Crippen LogP contribution in [0.4, 0.5) is 0 Å². The molecule has 0 bridgehead atoms. The maximum atomic E-state index is 12.9. The molecule has 0 radical (unpaired) electrons. The molecular formula is C17H23N3O3S. The fourth-order valence-electron chi connectivity index (χ4n) is 3.62. The highest BCUT2D eigenvalue weighted by atomic mass is 32.2. The van der Waals surface area contributed by atoms with Crippen molar-refractivity contribution < 1.29 is 13.2 Å². The summed E-state index contributed by atoms with van der Waals surface area (Å²) in [7, 11) is -3.52. The van der Waals surface area contributed by atoms with Gasteiger partial charge in [0.1, 0.15) is 6.54 Å². The number of nitrogens with zero attached hydrogens (tertiary/aromatic N) is 3. The minimum atomic E-state index is -3.52. The second kappa shape index (κ2) is 6.20. The van der Waals surface area contributed by atoms with Gasteiger partial charge >= 0.3 is 0 Å². The number of amides is 1. The number of imidazole rings is 1. The first-order chi connectivity index (χ1) is 11.3. The first-order valence-electron chi connectivity index (χ1n) is 8.25. The van der Waals surface area contributed by atoms with Crippen LogP contribution in [0.25, 0.3) is 11.0 Å². The Kier molecular flexibility index (Phi) is 4.38. The monoisotopic (exact) mass is 349 g/mol. The molecule has 3 rings (SSSR count). The molecule has 1 fully saturated rings. The van der Waals surface area contributed by atoms with E-state index in [1.54, 1.807) is 12.1 Å². The fraction of sp³-hybridized carbons (Fsp3) is 0.529. The summed E-state index contributed by atoms with van der Waals surface area (Å²) in [4.78, 5) is 19.0. The van der Waals surface area contributed by atoms with Crippen LogP contribution < -0.4 is 0 Å². The van der Waals surface area contributed by atoms with Crippen LogP contribution in [0.2, 0.25) is 0 Å². The number of para-hydroxylation sites is 2. The van der Waals surface area contributed by atoms with Gasteiger partial charge in [-0.2, -0.15) is 0 Å². The molecule has 1 aromatic carbocycles. The van der Waals surface area contributed by atoms with Gasteiger partial charge < -0.3 is 9.47 Å². The van der Waals surface area contributed by atoms with E-state index in [2.05, 4.69) is 18.8 Å².